The van der Waals surface area contributed by atoms with Crippen molar-refractivity contribution in [2.45, 2.75) is 6.54 Å². The number of nitrogen functional groups attached to an aromatic ring is 1. The van der Waals surface area contributed by atoms with Gasteiger partial charge in [-0.05, 0) is 0 Å². The van der Waals surface area contributed by atoms with Gasteiger partial charge in [0.2, 0.25) is 5.91 Å². The Morgan fingerprint density at radius 2 is 2.00 bits per heavy atom. The Bertz CT molecular complexity index is 550. The fourth-order valence-electron chi connectivity index (χ4n) is 1.21. The molecule has 0 saturated heterocycles. The maximum atomic E-state index is 11.5. The van der Waals surface area contributed by atoms with Crippen LogP contribution in [0.4, 0.5) is 10.5 Å². The second kappa shape index (κ2) is 4.51. The minimum Gasteiger partial charge on any atom is -0.393 e. The minimum absolute atomic E-state index is 0.182. The van der Waals surface area contributed by atoms with Crippen molar-refractivity contribution in [3.8, 4) is 0 Å². The molecule has 0 aromatic carbocycles. The van der Waals surface area contributed by atoms with Crippen LogP contribution in [0.25, 0.3) is 0 Å². The molecule has 0 aliphatic carbocycles. The number of hydrogen-bond acceptors (Lipinski definition) is 5. The summed E-state index contributed by atoms with van der Waals surface area (Å²) in [6.07, 6.45) is 1.15. The van der Waals surface area contributed by atoms with Gasteiger partial charge in [0.1, 0.15) is 12.2 Å². The summed E-state index contributed by atoms with van der Waals surface area (Å²) in [6, 6.07) is -1.07. The second-order valence-electron chi connectivity index (χ2n) is 3.28. The minimum atomic E-state index is -1.07. The van der Waals surface area contributed by atoms with Gasteiger partial charge in [-0.2, -0.15) is 0 Å². The van der Waals surface area contributed by atoms with E-state index in [2.05, 4.69) is 0 Å². The molecule has 17 heavy (non-hydrogen) atoms. The molecule has 0 atom stereocenters. The lowest BCUT2D eigenvalue weighted by Gasteiger charge is -2.07. The van der Waals surface area contributed by atoms with Gasteiger partial charge in [-0.1, -0.05) is 0 Å². The third-order valence-electron chi connectivity index (χ3n) is 1.92. The highest BCUT2D eigenvalue weighted by atomic mass is 16.2. The van der Waals surface area contributed by atoms with Crippen molar-refractivity contribution < 1.29 is 9.59 Å². The van der Waals surface area contributed by atoms with Gasteiger partial charge < -0.3 is 16.0 Å². The first kappa shape index (κ1) is 12.5. The van der Waals surface area contributed by atoms with E-state index in [1.807, 2.05) is 0 Å². The van der Waals surface area contributed by atoms with Gasteiger partial charge >= 0.3 is 11.7 Å². The highest BCUT2D eigenvalue weighted by Crippen LogP contribution is 1.86. The van der Waals surface area contributed by atoms with Crippen LogP contribution in [0, 0.1) is 0 Å². The number of nitrogens with one attached hydrogen (secondary N) is 1. The fraction of sp³-hybridized carbons (Fsp3) is 0.250. The van der Waals surface area contributed by atoms with E-state index in [0.717, 1.165) is 10.8 Å². The molecule has 1 heterocycles. The summed E-state index contributed by atoms with van der Waals surface area (Å²) in [5.41, 5.74) is 8.37. The van der Waals surface area contributed by atoms with Gasteiger partial charge in [0.25, 0.3) is 5.56 Å². The zero-order valence-electron chi connectivity index (χ0n) is 8.97. The van der Waals surface area contributed by atoms with Crippen LogP contribution in [0.5, 0.6) is 0 Å². The molecular formula is C8H11N5O4. The molecule has 1 aromatic heterocycles. The van der Waals surface area contributed by atoms with Crippen LogP contribution in [0.15, 0.2) is 15.8 Å². The van der Waals surface area contributed by atoms with Crippen LogP contribution in [-0.4, -0.2) is 21.1 Å². The zero-order valence-corrected chi connectivity index (χ0v) is 8.97. The van der Waals surface area contributed by atoms with Crippen LogP contribution in [-0.2, 0) is 18.4 Å². The number of carbonyl (C=O) groups excluding carboxylic acids is 2. The van der Waals surface area contributed by atoms with E-state index in [-0.39, 0.29) is 5.69 Å². The van der Waals surface area contributed by atoms with E-state index >= 15 is 0 Å². The number of carbonyl (C=O) groups is 2. The maximum Gasteiger partial charge on any atom is 0.331 e. The number of urea groups is 1. The number of primary amides is 1. The van der Waals surface area contributed by atoms with E-state index in [4.69, 9.17) is 11.5 Å². The molecule has 5 N–H and O–H groups in total. The summed E-state index contributed by atoms with van der Waals surface area (Å²) in [7, 11) is 1.38. The normalized spacial score (nSPS) is 9.94. The largest absolute Gasteiger partial charge is 0.393 e. The van der Waals surface area contributed by atoms with Crippen LogP contribution in [0.3, 0.4) is 0 Å². The summed E-state index contributed by atoms with van der Waals surface area (Å²) < 4.78 is 1.65. The highest BCUT2D eigenvalue weighted by Gasteiger charge is 2.12. The first-order valence-corrected chi connectivity index (χ1v) is 4.48. The predicted molar refractivity (Wildman–Crippen MR) is 58.1 cm³/mol. The quantitative estimate of drug-likeness (QED) is 0.517. The molecule has 92 valence electrons. The molecular weight excluding hydrogens is 230 g/mol. The molecule has 0 aliphatic heterocycles. The number of anilines is 1. The van der Waals surface area contributed by atoms with Crippen molar-refractivity contribution in [1.82, 2.24) is 14.5 Å². The maximum absolute atomic E-state index is 11.5. The van der Waals surface area contributed by atoms with E-state index in [9.17, 15) is 19.2 Å². The monoisotopic (exact) mass is 241 g/mol. The third kappa shape index (κ3) is 2.71. The lowest BCUT2D eigenvalue weighted by atomic mass is 10.5. The number of nitrogens with zero attached hydrogens (tertiary/aromatic N) is 2. The van der Waals surface area contributed by atoms with Crippen LogP contribution >= 0.6 is 0 Å². The fourth-order valence-corrected chi connectivity index (χ4v) is 1.21. The van der Waals surface area contributed by atoms with Crippen molar-refractivity contribution in [2.75, 3.05) is 5.73 Å². The Labute approximate surface area is 94.6 Å². The predicted octanol–water partition coefficient (Wildman–Crippen LogP) is -2.68. The third-order valence-corrected chi connectivity index (χ3v) is 1.92. The number of aromatic nitrogens is 2. The molecule has 0 spiro atoms. The second-order valence-corrected chi connectivity index (χ2v) is 3.28. The summed E-state index contributed by atoms with van der Waals surface area (Å²) in [4.78, 5) is 44.6. The topological polar surface area (TPSA) is 142 Å². The SMILES string of the molecule is Cn1cc(N)c(=O)n(CC(=O)NC(N)=O)c1=O. The molecule has 0 fully saturated rings. The van der Waals surface area contributed by atoms with Gasteiger partial charge in [0.15, 0.2) is 0 Å². The summed E-state index contributed by atoms with van der Waals surface area (Å²) in [5, 5.41) is 1.74. The Morgan fingerprint density at radius 1 is 1.41 bits per heavy atom. The van der Waals surface area contributed by atoms with Crippen molar-refractivity contribution >= 4 is 17.6 Å². The molecule has 9 nitrogen and oxygen atoms in total. The molecule has 3 amide bonds. The van der Waals surface area contributed by atoms with E-state index < -0.39 is 29.7 Å². The van der Waals surface area contributed by atoms with E-state index in [1.165, 1.54) is 7.05 Å². The van der Waals surface area contributed by atoms with Gasteiger partial charge in [-0.25, -0.2) is 14.2 Å². The highest BCUT2D eigenvalue weighted by molar-refractivity contribution is 5.93. The average Bonchev–Trinajstić information content (AvgIpc) is 2.20. The lowest BCUT2D eigenvalue weighted by Crippen LogP contribution is -2.45. The Balaban J connectivity index is 3.15. The number of rotatable bonds is 2. The van der Waals surface area contributed by atoms with E-state index in [0.29, 0.717) is 4.57 Å². The Morgan fingerprint density at radius 3 is 2.53 bits per heavy atom. The summed E-state index contributed by atoms with van der Waals surface area (Å²) in [6.45, 7) is -0.626. The first-order valence-electron chi connectivity index (χ1n) is 4.48. The molecule has 9 heteroatoms. The number of hydrogen-bond donors (Lipinski definition) is 3. The smallest absolute Gasteiger partial charge is 0.331 e. The van der Waals surface area contributed by atoms with Crippen LogP contribution < -0.4 is 28.0 Å². The van der Waals surface area contributed by atoms with E-state index in [1.54, 1.807) is 5.32 Å². The molecule has 1 rings (SSSR count). The van der Waals surface area contributed by atoms with Crippen molar-refractivity contribution in [3.05, 3.63) is 27.0 Å². The van der Waals surface area contributed by atoms with Gasteiger partial charge in [0, 0.05) is 13.2 Å². The zero-order chi connectivity index (χ0) is 13.2. The van der Waals surface area contributed by atoms with Crippen molar-refractivity contribution in [3.63, 3.8) is 0 Å². The van der Waals surface area contributed by atoms with Gasteiger partial charge in [-0.3, -0.25) is 14.9 Å². The van der Waals surface area contributed by atoms with Crippen molar-refractivity contribution in [2.24, 2.45) is 12.8 Å². The molecule has 0 aliphatic rings. The standard InChI is InChI=1S/C8H11N5O4/c1-12-2-4(9)6(15)13(8(12)17)3-5(14)11-7(10)16/h2H,3,9H2,1H3,(H3,10,11,14,16). The molecule has 0 unspecified atom stereocenters. The average molecular weight is 241 g/mol. The number of nitrogens with two attached hydrogens (primary N) is 2. The molecule has 1 aromatic rings. The van der Waals surface area contributed by atoms with Gasteiger partial charge in [0.05, 0.1) is 0 Å². The van der Waals surface area contributed by atoms with Gasteiger partial charge in [-0.15, -0.1) is 0 Å². The Hall–Kier alpha value is -2.58. The lowest BCUT2D eigenvalue weighted by molar-refractivity contribution is -0.120. The molecule has 0 bridgehead atoms. The van der Waals surface area contributed by atoms with Crippen molar-refractivity contribution in [1.29, 1.82) is 0 Å². The number of aryl methyl sites for hydroxylation is 1. The Kier molecular flexibility index (Phi) is 3.31. The summed E-state index contributed by atoms with van der Waals surface area (Å²) >= 11 is 0. The molecule has 0 radical (unpaired) electrons. The van der Waals surface area contributed by atoms with Crippen LogP contribution in [0.2, 0.25) is 0 Å². The summed E-state index contributed by atoms with van der Waals surface area (Å²) in [5.74, 6) is -0.873. The molecule has 0 saturated carbocycles. The number of imide groups is 1. The van der Waals surface area contributed by atoms with Crippen LogP contribution in [0.1, 0.15) is 0 Å². The number of amides is 3. The first-order chi connectivity index (χ1) is 7.82.